The molecule has 0 aliphatic rings. The van der Waals surface area contributed by atoms with E-state index in [2.05, 4.69) is 10.3 Å². The molecular weight excluding hydrogens is 316 g/mol. The van der Waals surface area contributed by atoms with E-state index in [4.69, 9.17) is 4.74 Å². The van der Waals surface area contributed by atoms with E-state index < -0.39 is 6.10 Å². The number of methoxy groups -OCH3 is 1. The quantitative estimate of drug-likeness (QED) is 0.619. The number of H-pyrrole nitrogens is 1. The Labute approximate surface area is 146 Å². The average Bonchev–Trinajstić information content (AvgIpc) is 3.03. The van der Waals surface area contributed by atoms with Gasteiger partial charge in [-0.25, -0.2) is 0 Å². The van der Waals surface area contributed by atoms with E-state index in [1.54, 1.807) is 7.11 Å². The van der Waals surface area contributed by atoms with Gasteiger partial charge in [0.2, 0.25) is 5.91 Å². The number of benzene rings is 2. The van der Waals surface area contributed by atoms with Gasteiger partial charge >= 0.3 is 0 Å². The number of hydrogen-bond acceptors (Lipinski definition) is 3. The second-order valence-electron chi connectivity index (χ2n) is 6.05. The zero-order valence-electron chi connectivity index (χ0n) is 14.2. The maximum absolute atomic E-state index is 12.2. The molecule has 3 aromatic rings. The Morgan fingerprint density at radius 3 is 2.80 bits per heavy atom. The van der Waals surface area contributed by atoms with Crippen LogP contribution in [0.2, 0.25) is 0 Å². The Morgan fingerprint density at radius 1 is 1.24 bits per heavy atom. The van der Waals surface area contributed by atoms with Crippen molar-refractivity contribution in [3.05, 3.63) is 65.9 Å². The third kappa shape index (κ3) is 4.39. The fraction of sp³-hybridized carbons (Fsp3) is 0.250. The first-order valence-corrected chi connectivity index (χ1v) is 8.28. The van der Waals surface area contributed by atoms with Crippen LogP contribution in [0.5, 0.6) is 5.75 Å². The molecule has 1 aromatic heterocycles. The standard InChI is InChI=1S/C20H22N2O3/c1-25-17-7-8-19-18(11-17)15(12-21-19)10-20(24)22-13-16(23)9-14-5-3-2-4-6-14/h2-8,11-12,16,21,23H,9-10,13H2,1H3,(H,22,24). The van der Waals surface area contributed by atoms with Crippen LogP contribution in [0.4, 0.5) is 0 Å². The number of rotatable bonds is 7. The van der Waals surface area contributed by atoms with Gasteiger partial charge in [0.15, 0.2) is 0 Å². The van der Waals surface area contributed by atoms with E-state index in [0.717, 1.165) is 27.8 Å². The van der Waals surface area contributed by atoms with Crippen LogP contribution in [-0.4, -0.2) is 35.8 Å². The Hall–Kier alpha value is -2.79. The zero-order valence-corrected chi connectivity index (χ0v) is 14.2. The molecule has 1 amide bonds. The highest BCUT2D eigenvalue weighted by atomic mass is 16.5. The minimum Gasteiger partial charge on any atom is -0.497 e. The molecule has 3 rings (SSSR count). The number of carbonyl (C=O) groups is 1. The molecule has 0 saturated carbocycles. The van der Waals surface area contributed by atoms with Gasteiger partial charge in [0.1, 0.15) is 5.75 Å². The summed E-state index contributed by atoms with van der Waals surface area (Å²) >= 11 is 0. The van der Waals surface area contributed by atoms with Crippen molar-refractivity contribution in [2.45, 2.75) is 18.9 Å². The van der Waals surface area contributed by atoms with Crippen molar-refractivity contribution < 1.29 is 14.6 Å². The highest BCUT2D eigenvalue weighted by Gasteiger charge is 2.12. The van der Waals surface area contributed by atoms with Crippen LogP contribution in [0.1, 0.15) is 11.1 Å². The van der Waals surface area contributed by atoms with E-state index in [1.807, 2.05) is 54.7 Å². The SMILES string of the molecule is COc1ccc2[nH]cc(CC(=O)NCC(O)Cc3ccccc3)c2c1. The number of aliphatic hydroxyl groups excluding tert-OH is 1. The molecule has 5 nitrogen and oxygen atoms in total. The highest BCUT2D eigenvalue weighted by molar-refractivity contribution is 5.89. The number of aromatic nitrogens is 1. The summed E-state index contributed by atoms with van der Waals surface area (Å²) in [5, 5.41) is 13.9. The molecule has 2 aromatic carbocycles. The maximum Gasteiger partial charge on any atom is 0.224 e. The van der Waals surface area contributed by atoms with Crippen molar-refractivity contribution >= 4 is 16.8 Å². The van der Waals surface area contributed by atoms with Gasteiger partial charge in [0, 0.05) is 30.1 Å². The highest BCUT2D eigenvalue weighted by Crippen LogP contribution is 2.23. The van der Waals surface area contributed by atoms with Crippen molar-refractivity contribution in [2.75, 3.05) is 13.7 Å². The van der Waals surface area contributed by atoms with Crippen LogP contribution >= 0.6 is 0 Å². The summed E-state index contributed by atoms with van der Waals surface area (Å²) in [6.07, 6.45) is 2.01. The predicted molar refractivity (Wildman–Crippen MR) is 97.7 cm³/mol. The second-order valence-corrected chi connectivity index (χ2v) is 6.05. The molecule has 0 aliphatic carbocycles. The van der Waals surface area contributed by atoms with Gasteiger partial charge in [-0.15, -0.1) is 0 Å². The first-order valence-electron chi connectivity index (χ1n) is 8.28. The monoisotopic (exact) mass is 338 g/mol. The Balaban J connectivity index is 1.56. The largest absolute Gasteiger partial charge is 0.497 e. The fourth-order valence-electron chi connectivity index (χ4n) is 2.86. The lowest BCUT2D eigenvalue weighted by atomic mass is 10.1. The van der Waals surface area contributed by atoms with Crippen molar-refractivity contribution in [3.63, 3.8) is 0 Å². The lowest BCUT2D eigenvalue weighted by Crippen LogP contribution is -2.34. The number of fused-ring (bicyclic) bond motifs is 1. The number of hydrogen-bond donors (Lipinski definition) is 3. The van der Waals surface area contributed by atoms with Gasteiger partial charge in [0.05, 0.1) is 19.6 Å². The van der Waals surface area contributed by atoms with E-state index in [9.17, 15) is 9.90 Å². The summed E-state index contributed by atoms with van der Waals surface area (Å²) in [6.45, 7) is 0.236. The number of aromatic amines is 1. The zero-order chi connectivity index (χ0) is 17.6. The van der Waals surface area contributed by atoms with E-state index >= 15 is 0 Å². The molecule has 5 heteroatoms. The number of ether oxygens (including phenoxy) is 1. The first-order chi connectivity index (χ1) is 12.2. The molecule has 0 bridgehead atoms. The topological polar surface area (TPSA) is 74.4 Å². The van der Waals surface area contributed by atoms with Gasteiger partial charge in [-0.2, -0.15) is 0 Å². The predicted octanol–water partition coefficient (Wildman–Crippen LogP) is 2.44. The molecule has 0 saturated heterocycles. The summed E-state index contributed by atoms with van der Waals surface area (Å²) in [7, 11) is 1.62. The minimum atomic E-state index is -0.602. The van der Waals surface area contributed by atoms with Crippen molar-refractivity contribution in [1.29, 1.82) is 0 Å². The van der Waals surface area contributed by atoms with Crippen LogP contribution < -0.4 is 10.1 Å². The van der Waals surface area contributed by atoms with Gasteiger partial charge in [0.25, 0.3) is 0 Å². The summed E-state index contributed by atoms with van der Waals surface area (Å²) < 4.78 is 5.24. The molecule has 0 aliphatic heterocycles. The number of aliphatic hydroxyl groups is 1. The average molecular weight is 338 g/mol. The molecular formula is C20H22N2O3. The Morgan fingerprint density at radius 2 is 2.04 bits per heavy atom. The van der Waals surface area contributed by atoms with Crippen LogP contribution in [0.25, 0.3) is 10.9 Å². The van der Waals surface area contributed by atoms with Gasteiger partial charge in [-0.1, -0.05) is 30.3 Å². The first kappa shape index (κ1) is 17.0. The Kier molecular flexibility index (Phi) is 5.36. The lowest BCUT2D eigenvalue weighted by Gasteiger charge is -2.12. The van der Waals surface area contributed by atoms with Crippen LogP contribution in [0.15, 0.2) is 54.7 Å². The fourth-order valence-corrected chi connectivity index (χ4v) is 2.86. The van der Waals surface area contributed by atoms with Crippen molar-refractivity contribution in [1.82, 2.24) is 10.3 Å². The smallest absolute Gasteiger partial charge is 0.224 e. The number of carbonyl (C=O) groups excluding carboxylic acids is 1. The molecule has 0 spiro atoms. The summed E-state index contributed by atoms with van der Waals surface area (Å²) in [6, 6.07) is 15.5. The molecule has 130 valence electrons. The third-order valence-corrected chi connectivity index (χ3v) is 4.17. The Bertz CT molecular complexity index is 843. The lowest BCUT2D eigenvalue weighted by molar-refractivity contribution is -0.120. The molecule has 3 N–H and O–H groups in total. The van der Waals surface area contributed by atoms with Gasteiger partial charge in [-0.3, -0.25) is 4.79 Å². The molecule has 1 atom stereocenters. The second kappa shape index (κ2) is 7.85. The maximum atomic E-state index is 12.2. The van der Waals surface area contributed by atoms with E-state index in [-0.39, 0.29) is 18.9 Å². The summed E-state index contributed by atoms with van der Waals surface area (Å²) in [5.74, 6) is 0.642. The number of nitrogens with one attached hydrogen (secondary N) is 2. The summed E-state index contributed by atoms with van der Waals surface area (Å²) in [4.78, 5) is 15.4. The third-order valence-electron chi connectivity index (χ3n) is 4.17. The summed E-state index contributed by atoms with van der Waals surface area (Å²) in [5.41, 5.74) is 2.92. The molecule has 25 heavy (non-hydrogen) atoms. The van der Waals surface area contributed by atoms with Crippen molar-refractivity contribution in [2.24, 2.45) is 0 Å². The normalized spacial score (nSPS) is 12.1. The van der Waals surface area contributed by atoms with Gasteiger partial charge in [-0.05, 0) is 29.3 Å². The van der Waals surface area contributed by atoms with Crippen LogP contribution in [0, 0.1) is 0 Å². The van der Waals surface area contributed by atoms with Crippen LogP contribution in [0.3, 0.4) is 0 Å². The molecule has 1 unspecified atom stereocenters. The molecule has 0 radical (unpaired) electrons. The van der Waals surface area contributed by atoms with E-state index in [1.165, 1.54) is 0 Å². The molecule has 1 heterocycles. The van der Waals surface area contributed by atoms with Gasteiger partial charge < -0.3 is 20.1 Å². The van der Waals surface area contributed by atoms with Crippen molar-refractivity contribution in [3.8, 4) is 5.75 Å². The number of amides is 1. The minimum absolute atomic E-state index is 0.115. The molecule has 0 fully saturated rings. The van der Waals surface area contributed by atoms with E-state index in [0.29, 0.717) is 6.42 Å². The van der Waals surface area contributed by atoms with Crippen LogP contribution in [-0.2, 0) is 17.6 Å².